The van der Waals surface area contributed by atoms with Crippen molar-refractivity contribution in [3.63, 3.8) is 0 Å². The molecule has 0 unspecified atom stereocenters. The molecule has 1 aromatic heterocycles. The van der Waals surface area contributed by atoms with Crippen molar-refractivity contribution >= 4 is 21.7 Å². The SMILES string of the molecule is Cc1ccc(C)c(C(=O)c2cncc(Br)c2)c1. The van der Waals surface area contributed by atoms with Crippen molar-refractivity contribution in [2.45, 2.75) is 13.8 Å². The number of hydrogen-bond donors (Lipinski definition) is 0. The molecule has 2 rings (SSSR count). The first-order valence-electron chi connectivity index (χ1n) is 5.30. The lowest BCUT2D eigenvalue weighted by molar-refractivity contribution is 0.103. The maximum Gasteiger partial charge on any atom is 0.194 e. The molecule has 2 aromatic rings. The van der Waals surface area contributed by atoms with Gasteiger partial charge in [0.2, 0.25) is 0 Å². The summed E-state index contributed by atoms with van der Waals surface area (Å²) in [6, 6.07) is 7.68. The maximum absolute atomic E-state index is 12.3. The number of hydrogen-bond acceptors (Lipinski definition) is 2. The normalized spacial score (nSPS) is 10.3. The summed E-state index contributed by atoms with van der Waals surface area (Å²) < 4.78 is 0.814. The van der Waals surface area contributed by atoms with Crippen molar-refractivity contribution in [1.29, 1.82) is 0 Å². The average Bonchev–Trinajstić information content (AvgIpc) is 2.31. The van der Waals surface area contributed by atoms with Gasteiger partial charge in [-0.1, -0.05) is 17.7 Å². The monoisotopic (exact) mass is 289 g/mol. The number of aryl methyl sites for hydroxylation is 2. The van der Waals surface area contributed by atoms with Crippen LogP contribution in [0.1, 0.15) is 27.0 Å². The Bertz CT molecular complexity index is 578. The Kier molecular flexibility index (Phi) is 3.38. The molecule has 0 saturated heterocycles. The molecule has 0 spiro atoms. The standard InChI is InChI=1S/C14H12BrNO/c1-9-3-4-10(2)13(5-9)14(17)11-6-12(15)8-16-7-11/h3-8H,1-2H3. The van der Waals surface area contributed by atoms with Gasteiger partial charge in [0.15, 0.2) is 5.78 Å². The number of ketones is 1. The van der Waals surface area contributed by atoms with E-state index in [1.165, 1.54) is 0 Å². The summed E-state index contributed by atoms with van der Waals surface area (Å²) in [7, 11) is 0. The van der Waals surface area contributed by atoms with E-state index in [0.29, 0.717) is 5.56 Å². The topological polar surface area (TPSA) is 30.0 Å². The summed E-state index contributed by atoms with van der Waals surface area (Å²) >= 11 is 3.32. The first-order chi connectivity index (χ1) is 8.08. The van der Waals surface area contributed by atoms with Crippen LogP contribution in [0.3, 0.4) is 0 Å². The molecule has 0 fully saturated rings. The smallest absolute Gasteiger partial charge is 0.194 e. The quantitative estimate of drug-likeness (QED) is 0.789. The zero-order chi connectivity index (χ0) is 12.4. The number of aromatic nitrogens is 1. The van der Waals surface area contributed by atoms with Crippen molar-refractivity contribution in [1.82, 2.24) is 4.98 Å². The molecule has 2 nitrogen and oxygen atoms in total. The molecule has 1 heterocycles. The average molecular weight is 290 g/mol. The predicted molar refractivity (Wildman–Crippen MR) is 71.3 cm³/mol. The fourth-order valence-corrected chi connectivity index (χ4v) is 2.04. The molecule has 0 atom stereocenters. The van der Waals surface area contributed by atoms with Gasteiger partial charge in [-0.05, 0) is 47.5 Å². The number of halogens is 1. The van der Waals surface area contributed by atoms with Crippen LogP contribution in [0.15, 0.2) is 41.1 Å². The minimum atomic E-state index is 0.0139. The fourth-order valence-electron chi connectivity index (χ4n) is 1.67. The van der Waals surface area contributed by atoms with Crippen LogP contribution in [0.5, 0.6) is 0 Å². The van der Waals surface area contributed by atoms with Crippen molar-refractivity contribution in [3.8, 4) is 0 Å². The number of carbonyl (C=O) groups excluding carboxylic acids is 1. The number of rotatable bonds is 2. The minimum absolute atomic E-state index is 0.0139. The molecule has 3 heteroatoms. The number of carbonyl (C=O) groups is 1. The van der Waals surface area contributed by atoms with Gasteiger partial charge in [-0.2, -0.15) is 0 Å². The minimum Gasteiger partial charge on any atom is -0.289 e. The van der Waals surface area contributed by atoms with Gasteiger partial charge < -0.3 is 0 Å². The second-order valence-corrected chi connectivity index (χ2v) is 4.96. The second kappa shape index (κ2) is 4.80. The zero-order valence-electron chi connectivity index (χ0n) is 9.70. The predicted octanol–water partition coefficient (Wildman–Crippen LogP) is 3.69. The van der Waals surface area contributed by atoms with E-state index in [4.69, 9.17) is 0 Å². The van der Waals surface area contributed by atoms with Crippen LogP contribution in [0.4, 0.5) is 0 Å². The Morgan fingerprint density at radius 2 is 1.94 bits per heavy atom. The summed E-state index contributed by atoms with van der Waals surface area (Å²) in [6.45, 7) is 3.92. The fraction of sp³-hybridized carbons (Fsp3) is 0.143. The summed E-state index contributed by atoms with van der Waals surface area (Å²) in [6.07, 6.45) is 3.26. The lowest BCUT2D eigenvalue weighted by atomic mass is 9.98. The van der Waals surface area contributed by atoms with Crippen LogP contribution in [-0.2, 0) is 0 Å². The maximum atomic E-state index is 12.3. The molecule has 0 saturated carbocycles. The molecule has 86 valence electrons. The highest BCUT2D eigenvalue weighted by atomic mass is 79.9. The first kappa shape index (κ1) is 12.0. The first-order valence-corrected chi connectivity index (χ1v) is 6.10. The third-order valence-corrected chi connectivity index (χ3v) is 3.04. The Hall–Kier alpha value is -1.48. The van der Waals surface area contributed by atoms with E-state index < -0.39 is 0 Å². The van der Waals surface area contributed by atoms with Crippen LogP contribution in [-0.4, -0.2) is 10.8 Å². The second-order valence-electron chi connectivity index (χ2n) is 4.04. The molecule has 1 aromatic carbocycles. The van der Waals surface area contributed by atoms with Gasteiger partial charge >= 0.3 is 0 Å². The number of benzene rings is 1. The highest BCUT2D eigenvalue weighted by molar-refractivity contribution is 9.10. The van der Waals surface area contributed by atoms with Crippen LogP contribution in [0.25, 0.3) is 0 Å². The van der Waals surface area contributed by atoms with Crippen LogP contribution in [0, 0.1) is 13.8 Å². The Labute approximate surface area is 109 Å². The van der Waals surface area contributed by atoms with E-state index in [0.717, 1.165) is 21.2 Å². The van der Waals surface area contributed by atoms with Crippen LogP contribution >= 0.6 is 15.9 Å². The van der Waals surface area contributed by atoms with Crippen molar-refractivity contribution in [3.05, 3.63) is 63.4 Å². The molecule has 0 aliphatic carbocycles. The van der Waals surface area contributed by atoms with Crippen LogP contribution < -0.4 is 0 Å². The van der Waals surface area contributed by atoms with Crippen molar-refractivity contribution in [2.75, 3.05) is 0 Å². The molecular weight excluding hydrogens is 278 g/mol. The van der Waals surface area contributed by atoms with Gasteiger partial charge in [0.1, 0.15) is 0 Å². The van der Waals surface area contributed by atoms with Gasteiger partial charge in [-0.15, -0.1) is 0 Å². The summed E-state index contributed by atoms with van der Waals surface area (Å²) in [5, 5.41) is 0. The Morgan fingerprint density at radius 3 is 2.65 bits per heavy atom. The largest absolute Gasteiger partial charge is 0.289 e. The Morgan fingerprint density at radius 1 is 1.18 bits per heavy atom. The molecular formula is C14H12BrNO. The third kappa shape index (κ3) is 2.61. The third-order valence-electron chi connectivity index (χ3n) is 2.60. The van der Waals surface area contributed by atoms with Gasteiger partial charge in [0.25, 0.3) is 0 Å². The van der Waals surface area contributed by atoms with E-state index in [2.05, 4.69) is 20.9 Å². The van der Waals surface area contributed by atoms with E-state index >= 15 is 0 Å². The van der Waals surface area contributed by atoms with Gasteiger partial charge in [-0.25, -0.2) is 0 Å². The zero-order valence-corrected chi connectivity index (χ0v) is 11.3. The molecule has 0 aliphatic heterocycles. The van der Waals surface area contributed by atoms with E-state index in [-0.39, 0.29) is 5.78 Å². The molecule has 0 aliphatic rings. The Balaban J connectivity index is 2.47. The molecule has 0 amide bonds. The van der Waals surface area contributed by atoms with E-state index in [1.54, 1.807) is 18.5 Å². The molecule has 17 heavy (non-hydrogen) atoms. The van der Waals surface area contributed by atoms with Crippen molar-refractivity contribution in [2.24, 2.45) is 0 Å². The summed E-state index contributed by atoms with van der Waals surface area (Å²) in [4.78, 5) is 16.3. The van der Waals surface area contributed by atoms with Crippen LogP contribution in [0.2, 0.25) is 0 Å². The van der Waals surface area contributed by atoms with Gasteiger partial charge in [-0.3, -0.25) is 9.78 Å². The van der Waals surface area contributed by atoms with Gasteiger partial charge in [0.05, 0.1) is 0 Å². The number of pyridine rings is 1. The molecule has 0 radical (unpaired) electrons. The van der Waals surface area contributed by atoms with E-state index in [1.807, 2.05) is 32.0 Å². The van der Waals surface area contributed by atoms with E-state index in [9.17, 15) is 4.79 Å². The summed E-state index contributed by atoms with van der Waals surface area (Å²) in [5.41, 5.74) is 3.42. The number of nitrogens with zero attached hydrogens (tertiary/aromatic N) is 1. The highest BCUT2D eigenvalue weighted by Gasteiger charge is 2.12. The summed E-state index contributed by atoms with van der Waals surface area (Å²) in [5.74, 6) is 0.0139. The van der Waals surface area contributed by atoms with Crippen molar-refractivity contribution < 1.29 is 4.79 Å². The molecule has 0 bridgehead atoms. The lowest BCUT2D eigenvalue weighted by Crippen LogP contribution is -2.04. The lowest BCUT2D eigenvalue weighted by Gasteiger charge is -2.06. The molecule has 0 N–H and O–H groups in total. The van der Waals surface area contributed by atoms with Gasteiger partial charge in [0, 0.05) is 28.0 Å². The highest BCUT2D eigenvalue weighted by Crippen LogP contribution is 2.17.